The number of hydrogen-bond donors (Lipinski definition) is 1. The van der Waals surface area contributed by atoms with Gasteiger partial charge in [0.15, 0.2) is 0 Å². The van der Waals surface area contributed by atoms with Crippen molar-refractivity contribution >= 4 is 24.0 Å². The molecular formula is C20H29ClN2O. The first-order valence-corrected chi connectivity index (χ1v) is 9.15. The summed E-state index contributed by atoms with van der Waals surface area (Å²) in [5.41, 5.74) is 3.40. The van der Waals surface area contributed by atoms with Crippen LogP contribution in [-0.4, -0.2) is 29.1 Å². The number of fused-ring (bicyclic) bond motifs is 1. The zero-order valence-corrected chi connectivity index (χ0v) is 15.4. The Bertz CT molecular complexity index is 587. The van der Waals surface area contributed by atoms with Crippen LogP contribution in [0.5, 0.6) is 0 Å². The molecule has 0 spiro atoms. The number of nitrogens with zero attached hydrogens (tertiary/aromatic N) is 1. The molecule has 0 aromatic heterocycles. The molecule has 4 heteroatoms. The van der Waals surface area contributed by atoms with Crippen molar-refractivity contribution in [2.75, 3.05) is 6.54 Å². The topological polar surface area (TPSA) is 44.2 Å². The van der Waals surface area contributed by atoms with E-state index < -0.39 is 0 Å². The van der Waals surface area contributed by atoms with Crippen molar-refractivity contribution in [3.05, 3.63) is 35.4 Å². The summed E-state index contributed by atoms with van der Waals surface area (Å²) in [7, 11) is 0. The minimum Gasteiger partial charge on any atom is -0.339 e. The van der Waals surface area contributed by atoms with Gasteiger partial charge in [-0.1, -0.05) is 37.6 Å². The molecule has 1 N–H and O–H groups in total. The number of benzene rings is 1. The predicted octanol–water partition coefficient (Wildman–Crippen LogP) is 4.73. The molecule has 1 amide bonds. The second-order valence-corrected chi connectivity index (χ2v) is 7.03. The van der Waals surface area contributed by atoms with Crippen LogP contribution in [0.15, 0.2) is 24.3 Å². The number of likely N-dealkylation sites (tertiary alicyclic amines) is 1. The average molecular weight is 349 g/mol. The highest BCUT2D eigenvalue weighted by Crippen LogP contribution is 2.36. The van der Waals surface area contributed by atoms with E-state index in [0.29, 0.717) is 5.91 Å². The summed E-state index contributed by atoms with van der Waals surface area (Å²) in [6, 6.07) is 8.66. The normalized spacial score (nSPS) is 22.6. The fourth-order valence-corrected chi connectivity index (χ4v) is 4.20. The van der Waals surface area contributed by atoms with Crippen LogP contribution in [0, 0.1) is 5.41 Å². The van der Waals surface area contributed by atoms with Gasteiger partial charge >= 0.3 is 0 Å². The molecule has 2 aliphatic rings. The van der Waals surface area contributed by atoms with Crippen molar-refractivity contribution in [2.24, 2.45) is 0 Å². The summed E-state index contributed by atoms with van der Waals surface area (Å²) < 4.78 is 0. The van der Waals surface area contributed by atoms with Crippen molar-refractivity contribution in [1.82, 2.24) is 4.90 Å². The standard InChI is InChI=1S/C20H28N2O.ClH/c1-2-7-16(21)14-17-9-5-6-13-22(17)20(23)19-12-11-15-8-3-4-10-18(15)19;/h3-4,8,10,17,19,21H,2,5-7,9,11-14H2,1H3;1H. The van der Waals surface area contributed by atoms with E-state index in [1.165, 1.54) is 17.5 Å². The first kappa shape index (κ1) is 19.0. The maximum absolute atomic E-state index is 13.2. The number of piperidine rings is 1. The summed E-state index contributed by atoms with van der Waals surface area (Å²) >= 11 is 0. The number of carbonyl (C=O) groups is 1. The Morgan fingerprint density at radius 2 is 2.04 bits per heavy atom. The third kappa shape index (κ3) is 4.00. The van der Waals surface area contributed by atoms with Gasteiger partial charge in [0.05, 0.1) is 5.92 Å². The van der Waals surface area contributed by atoms with Crippen LogP contribution < -0.4 is 0 Å². The van der Waals surface area contributed by atoms with E-state index in [1.807, 2.05) is 0 Å². The lowest BCUT2D eigenvalue weighted by Crippen LogP contribution is -2.46. The average Bonchev–Trinajstić information content (AvgIpc) is 2.99. The highest BCUT2D eigenvalue weighted by molar-refractivity contribution is 5.87. The zero-order chi connectivity index (χ0) is 16.2. The smallest absolute Gasteiger partial charge is 0.230 e. The number of amides is 1. The van der Waals surface area contributed by atoms with Gasteiger partial charge in [-0.25, -0.2) is 0 Å². The first-order chi connectivity index (χ1) is 11.2. The Labute approximate surface area is 151 Å². The van der Waals surface area contributed by atoms with Gasteiger partial charge in [0, 0.05) is 24.7 Å². The molecule has 3 rings (SSSR count). The Balaban J connectivity index is 0.00000208. The van der Waals surface area contributed by atoms with Gasteiger partial charge in [0.2, 0.25) is 5.91 Å². The van der Waals surface area contributed by atoms with Gasteiger partial charge in [-0.3, -0.25) is 4.79 Å². The Morgan fingerprint density at radius 3 is 2.83 bits per heavy atom. The molecule has 24 heavy (non-hydrogen) atoms. The lowest BCUT2D eigenvalue weighted by Gasteiger charge is -2.37. The van der Waals surface area contributed by atoms with E-state index in [2.05, 4.69) is 36.1 Å². The van der Waals surface area contributed by atoms with Crippen LogP contribution in [0.2, 0.25) is 0 Å². The van der Waals surface area contributed by atoms with Gasteiger partial charge in [-0.2, -0.15) is 0 Å². The third-order valence-electron chi connectivity index (χ3n) is 5.37. The van der Waals surface area contributed by atoms with Crippen LogP contribution in [0.4, 0.5) is 0 Å². The highest BCUT2D eigenvalue weighted by atomic mass is 35.5. The number of halogens is 1. The lowest BCUT2D eigenvalue weighted by atomic mass is 9.92. The summed E-state index contributed by atoms with van der Waals surface area (Å²) in [6.07, 6.45) is 8.00. The van der Waals surface area contributed by atoms with Crippen molar-refractivity contribution in [2.45, 2.75) is 70.3 Å². The fraction of sp³-hybridized carbons (Fsp3) is 0.600. The molecule has 132 valence electrons. The molecule has 2 atom stereocenters. The first-order valence-electron chi connectivity index (χ1n) is 9.15. The minimum atomic E-state index is 0. The van der Waals surface area contributed by atoms with E-state index in [9.17, 15) is 4.79 Å². The molecule has 1 aromatic rings. The number of rotatable bonds is 5. The molecule has 1 fully saturated rings. The van der Waals surface area contributed by atoms with E-state index in [4.69, 9.17) is 5.41 Å². The number of hydrogen-bond acceptors (Lipinski definition) is 2. The van der Waals surface area contributed by atoms with Crippen molar-refractivity contribution in [3.63, 3.8) is 0 Å². The Hall–Kier alpha value is -1.35. The highest BCUT2D eigenvalue weighted by Gasteiger charge is 2.35. The molecule has 1 heterocycles. The molecule has 1 aliphatic heterocycles. The minimum absolute atomic E-state index is 0. The lowest BCUT2D eigenvalue weighted by molar-refractivity contribution is -0.136. The van der Waals surface area contributed by atoms with Gasteiger partial charge < -0.3 is 10.3 Å². The quantitative estimate of drug-likeness (QED) is 0.768. The zero-order valence-electron chi connectivity index (χ0n) is 14.6. The summed E-state index contributed by atoms with van der Waals surface area (Å²) in [4.78, 5) is 15.3. The number of carbonyl (C=O) groups excluding carboxylic acids is 1. The van der Waals surface area contributed by atoms with E-state index in [-0.39, 0.29) is 24.4 Å². The maximum atomic E-state index is 13.2. The van der Waals surface area contributed by atoms with Gasteiger partial charge in [-0.15, -0.1) is 12.4 Å². The molecule has 2 unspecified atom stereocenters. The van der Waals surface area contributed by atoms with Crippen molar-refractivity contribution < 1.29 is 4.79 Å². The molecule has 0 radical (unpaired) electrons. The second-order valence-electron chi connectivity index (χ2n) is 7.03. The number of aryl methyl sites for hydroxylation is 1. The molecule has 1 saturated heterocycles. The Kier molecular flexibility index (Phi) is 6.85. The van der Waals surface area contributed by atoms with Gasteiger partial charge in [0.1, 0.15) is 0 Å². The van der Waals surface area contributed by atoms with Crippen LogP contribution in [-0.2, 0) is 11.2 Å². The fourth-order valence-electron chi connectivity index (χ4n) is 4.20. The maximum Gasteiger partial charge on any atom is 0.230 e. The molecular weight excluding hydrogens is 320 g/mol. The number of nitrogens with one attached hydrogen (secondary N) is 1. The van der Waals surface area contributed by atoms with Crippen molar-refractivity contribution in [1.29, 1.82) is 5.41 Å². The van der Waals surface area contributed by atoms with Crippen LogP contribution in [0.25, 0.3) is 0 Å². The molecule has 3 nitrogen and oxygen atoms in total. The van der Waals surface area contributed by atoms with Gasteiger partial charge in [-0.05, 0) is 49.7 Å². The third-order valence-corrected chi connectivity index (χ3v) is 5.37. The predicted molar refractivity (Wildman–Crippen MR) is 101 cm³/mol. The Morgan fingerprint density at radius 1 is 1.25 bits per heavy atom. The van der Waals surface area contributed by atoms with E-state index in [0.717, 1.165) is 57.2 Å². The summed E-state index contributed by atoms with van der Waals surface area (Å²) in [5, 5.41) is 8.14. The molecule has 1 aromatic carbocycles. The van der Waals surface area contributed by atoms with E-state index >= 15 is 0 Å². The van der Waals surface area contributed by atoms with Crippen LogP contribution in [0.3, 0.4) is 0 Å². The SMILES string of the molecule is CCCC(=N)CC1CCCCN1C(=O)C1CCc2ccccc21.Cl. The second kappa shape index (κ2) is 8.66. The molecule has 1 aliphatic carbocycles. The van der Waals surface area contributed by atoms with E-state index in [1.54, 1.807) is 0 Å². The van der Waals surface area contributed by atoms with Crippen LogP contribution >= 0.6 is 12.4 Å². The summed E-state index contributed by atoms with van der Waals surface area (Å²) in [5.74, 6) is 0.358. The van der Waals surface area contributed by atoms with Crippen molar-refractivity contribution in [3.8, 4) is 0 Å². The summed E-state index contributed by atoms with van der Waals surface area (Å²) in [6.45, 7) is 3.00. The largest absolute Gasteiger partial charge is 0.339 e. The van der Waals surface area contributed by atoms with Gasteiger partial charge in [0.25, 0.3) is 0 Å². The van der Waals surface area contributed by atoms with Crippen LogP contribution in [0.1, 0.15) is 68.9 Å². The monoisotopic (exact) mass is 348 g/mol. The molecule has 0 saturated carbocycles. The molecule has 0 bridgehead atoms.